The lowest BCUT2D eigenvalue weighted by molar-refractivity contribution is -0.0503. The highest BCUT2D eigenvalue weighted by Crippen LogP contribution is 2.66. The van der Waals surface area contributed by atoms with Crippen molar-refractivity contribution in [2.75, 3.05) is 11.9 Å². The molecular formula is C17H22N5O13P3. The molecule has 18 nitrogen and oxygen atoms in total. The standard InChI is InChI=1S/C17H22N5O13P3/c23-13-11(7-32-37(28,29)35-38(30,31)34-36(25,26)27)33-17(14(13)24)22-9-21-12-15(19-8-20-16(12)22)18-6-10-4-2-1-3-5-10/h1-5,8-9,11,13-14,17,23-24H,6-7H2,(H,28,29)(H,30,31)(H,18,19,20)(H2,25,26,27)/t11-,13+,14?,17-/m1/s1. The minimum Gasteiger partial charge on any atom is -0.387 e. The molecule has 2 aromatic heterocycles. The van der Waals surface area contributed by atoms with Crippen LogP contribution in [-0.4, -0.2) is 74.2 Å². The molecule has 3 heterocycles. The first-order valence-electron chi connectivity index (χ1n) is 10.5. The molecule has 0 aliphatic carbocycles. The highest BCUT2D eigenvalue weighted by molar-refractivity contribution is 7.66. The van der Waals surface area contributed by atoms with E-state index in [1.54, 1.807) is 0 Å². The predicted octanol–water partition coefficient (Wildman–Crippen LogP) is 0.401. The molecule has 3 aromatic rings. The normalized spacial score (nSPS) is 25.2. The van der Waals surface area contributed by atoms with Crippen molar-refractivity contribution in [3.8, 4) is 0 Å². The molecule has 208 valence electrons. The Labute approximate surface area is 213 Å². The van der Waals surface area contributed by atoms with Crippen LogP contribution in [0.25, 0.3) is 11.2 Å². The quantitative estimate of drug-likeness (QED) is 0.147. The van der Waals surface area contributed by atoms with E-state index >= 15 is 0 Å². The number of phosphoric ester groups is 1. The molecule has 0 amide bonds. The summed E-state index contributed by atoms with van der Waals surface area (Å²) in [5, 5.41) is 24.0. The van der Waals surface area contributed by atoms with Gasteiger partial charge in [0.15, 0.2) is 23.2 Å². The van der Waals surface area contributed by atoms with Gasteiger partial charge in [-0.1, -0.05) is 30.3 Å². The van der Waals surface area contributed by atoms with Gasteiger partial charge in [0, 0.05) is 6.54 Å². The molecule has 1 aliphatic rings. The van der Waals surface area contributed by atoms with Gasteiger partial charge in [-0.3, -0.25) is 9.09 Å². The van der Waals surface area contributed by atoms with Gasteiger partial charge in [0.2, 0.25) is 0 Å². The summed E-state index contributed by atoms with van der Waals surface area (Å²) in [6.45, 7) is -0.520. The van der Waals surface area contributed by atoms with E-state index in [4.69, 9.17) is 14.5 Å². The Morgan fingerprint density at radius 2 is 1.66 bits per heavy atom. The number of aliphatic hydroxyl groups is 2. The number of imidazole rings is 1. The number of ether oxygens (including phenoxy) is 1. The van der Waals surface area contributed by atoms with Gasteiger partial charge in [-0.2, -0.15) is 8.62 Å². The highest BCUT2D eigenvalue weighted by atomic mass is 31.3. The molecule has 21 heteroatoms. The van der Waals surface area contributed by atoms with E-state index in [1.165, 1.54) is 17.2 Å². The number of fused-ring (bicyclic) bond motifs is 1. The molecule has 0 radical (unpaired) electrons. The third-order valence-electron chi connectivity index (χ3n) is 5.09. The molecule has 6 atom stereocenters. The molecule has 38 heavy (non-hydrogen) atoms. The van der Waals surface area contributed by atoms with Crippen molar-refractivity contribution in [3.05, 3.63) is 48.5 Å². The van der Waals surface area contributed by atoms with Gasteiger partial charge in [-0.15, -0.1) is 0 Å². The van der Waals surface area contributed by atoms with Crippen molar-refractivity contribution in [2.24, 2.45) is 0 Å². The largest absolute Gasteiger partial charge is 0.490 e. The molecule has 1 fully saturated rings. The predicted molar refractivity (Wildman–Crippen MR) is 125 cm³/mol. The summed E-state index contributed by atoms with van der Waals surface area (Å²) in [6.07, 6.45) is -3.51. The number of hydrogen-bond acceptors (Lipinski definition) is 13. The van der Waals surface area contributed by atoms with Gasteiger partial charge >= 0.3 is 23.5 Å². The first-order chi connectivity index (χ1) is 17.7. The van der Waals surface area contributed by atoms with E-state index < -0.39 is 54.6 Å². The maximum atomic E-state index is 12.0. The van der Waals surface area contributed by atoms with Crippen LogP contribution in [0.4, 0.5) is 5.82 Å². The lowest BCUT2D eigenvalue weighted by Crippen LogP contribution is -2.33. The molecule has 0 saturated carbocycles. The fraction of sp³-hybridized carbons (Fsp3) is 0.353. The molecule has 0 spiro atoms. The van der Waals surface area contributed by atoms with Gasteiger partial charge in [-0.05, 0) is 5.56 Å². The molecule has 1 saturated heterocycles. The van der Waals surface area contributed by atoms with Crippen LogP contribution in [0.5, 0.6) is 0 Å². The van der Waals surface area contributed by atoms with Crippen molar-refractivity contribution in [1.82, 2.24) is 19.5 Å². The summed E-state index contributed by atoms with van der Waals surface area (Å²) < 4.78 is 52.7. The van der Waals surface area contributed by atoms with Crippen molar-refractivity contribution < 1.29 is 61.4 Å². The van der Waals surface area contributed by atoms with Crippen LogP contribution in [0.15, 0.2) is 43.0 Å². The third kappa shape index (κ3) is 7.08. The van der Waals surface area contributed by atoms with Crippen LogP contribution < -0.4 is 5.32 Å². The van der Waals surface area contributed by atoms with Crippen LogP contribution in [-0.2, 0) is 38.1 Å². The number of aliphatic hydroxyl groups excluding tert-OH is 2. The summed E-state index contributed by atoms with van der Waals surface area (Å²) in [5.41, 5.74) is 1.53. The topological polar surface area (TPSA) is 265 Å². The lowest BCUT2D eigenvalue weighted by atomic mass is 10.1. The van der Waals surface area contributed by atoms with E-state index in [-0.39, 0.29) is 5.65 Å². The van der Waals surface area contributed by atoms with Crippen LogP contribution in [0.3, 0.4) is 0 Å². The number of anilines is 1. The average molecular weight is 597 g/mol. The van der Waals surface area contributed by atoms with Crippen molar-refractivity contribution in [2.45, 2.75) is 31.1 Å². The third-order valence-corrected chi connectivity index (χ3v) is 8.89. The zero-order valence-electron chi connectivity index (χ0n) is 18.9. The molecule has 1 aliphatic heterocycles. The molecule has 7 N–H and O–H groups in total. The summed E-state index contributed by atoms with van der Waals surface area (Å²) in [5.74, 6) is 0.384. The van der Waals surface area contributed by atoms with E-state index in [0.717, 1.165) is 5.56 Å². The van der Waals surface area contributed by atoms with Crippen LogP contribution in [0.1, 0.15) is 11.8 Å². The maximum Gasteiger partial charge on any atom is 0.490 e. The molecule has 4 rings (SSSR count). The smallest absolute Gasteiger partial charge is 0.387 e. The number of nitrogens with one attached hydrogen (secondary N) is 1. The Bertz CT molecular complexity index is 1420. The van der Waals surface area contributed by atoms with Gasteiger partial charge in [0.1, 0.15) is 24.6 Å². The molecule has 1 aromatic carbocycles. The SMILES string of the molecule is O=P(O)(O)OP(=O)(O)OP(=O)(O)OC[C@H]1O[C@@H](n2cnc3c(NCc4ccccc4)ncnc32)C(O)[C@H]1O. The Hall–Kier alpha value is -2.14. The maximum absolute atomic E-state index is 12.0. The number of rotatable bonds is 11. The number of phosphoric acid groups is 3. The van der Waals surface area contributed by atoms with Crippen molar-refractivity contribution in [3.63, 3.8) is 0 Å². The van der Waals surface area contributed by atoms with Crippen molar-refractivity contribution in [1.29, 1.82) is 0 Å². The number of nitrogens with zero attached hydrogens (tertiary/aromatic N) is 4. The Kier molecular flexibility index (Phi) is 8.47. The number of benzene rings is 1. The Balaban J connectivity index is 1.44. The average Bonchev–Trinajstić information content (AvgIpc) is 3.36. The first-order valence-corrected chi connectivity index (χ1v) is 15.0. The van der Waals surface area contributed by atoms with Gasteiger partial charge in [0.25, 0.3) is 0 Å². The second-order valence-electron chi connectivity index (χ2n) is 7.82. The van der Waals surface area contributed by atoms with E-state index in [2.05, 4.69) is 33.4 Å². The number of aromatic nitrogens is 4. The second-order valence-corrected chi connectivity index (χ2v) is 12.2. The number of hydrogen-bond donors (Lipinski definition) is 7. The Morgan fingerprint density at radius 1 is 0.947 bits per heavy atom. The highest BCUT2D eigenvalue weighted by Gasteiger charge is 2.47. The van der Waals surface area contributed by atoms with E-state index in [0.29, 0.717) is 17.9 Å². The summed E-state index contributed by atoms with van der Waals surface area (Å²) in [6, 6.07) is 9.47. The first kappa shape index (κ1) is 28.9. The van der Waals surface area contributed by atoms with Crippen LogP contribution in [0.2, 0.25) is 0 Å². The minimum absolute atomic E-state index is 0.223. The van der Waals surface area contributed by atoms with E-state index in [1.807, 2.05) is 30.3 Å². The fourth-order valence-corrected chi connectivity index (χ4v) is 6.55. The van der Waals surface area contributed by atoms with Gasteiger partial charge in [-0.25, -0.2) is 28.6 Å². The zero-order chi connectivity index (χ0) is 27.7. The molecule has 3 unspecified atom stereocenters. The van der Waals surface area contributed by atoms with Crippen LogP contribution in [0, 0.1) is 0 Å². The lowest BCUT2D eigenvalue weighted by Gasteiger charge is -2.19. The monoisotopic (exact) mass is 597 g/mol. The van der Waals surface area contributed by atoms with Gasteiger partial charge < -0.3 is 39.8 Å². The minimum atomic E-state index is -5.72. The second kappa shape index (κ2) is 11.2. The van der Waals surface area contributed by atoms with E-state index in [9.17, 15) is 33.7 Å². The summed E-state index contributed by atoms with van der Waals surface area (Å²) in [7, 11) is -16.7. The van der Waals surface area contributed by atoms with Crippen molar-refractivity contribution >= 4 is 40.4 Å². The van der Waals surface area contributed by atoms with Gasteiger partial charge in [0.05, 0.1) is 12.9 Å². The molecular weight excluding hydrogens is 575 g/mol. The summed E-state index contributed by atoms with van der Waals surface area (Å²) >= 11 is 0. The zero-order valence-corrected chi connectivity index (χ0v) is 21.6. The Morgan fingerprint density at radius 3 is 2.34 bits per heavy atom. The fourth-order valence-electron chi connectivity index (χ4n) is 3.52. The summed E-state index contributed by atoms with van der Waals surface area (Å²) in [4.78, 5) is 48.6. The molecule has 0 bridgehead atoms. The van der Waals surface area contributed by atoms with Crippen LogP contribution >= 0.6 is 23.5 Å².